The van der Waals surface area contributed by atoms with Crippen molar-refractivity contribution >= 4 is 11.9 Å². The zero-order chi connectivity index (χ0) is 15.0. The van der Waals surface area contributed by atoms with Crippen LogP contribution in [0.4, 0.5) is 0 Å². The van der Waals surface area contributed by atoms with E-state index in [2.05, 4.69) is 11.9 Å². The Morgan fingerprint density at radius 2 is 2.10 bits per heavy atom. The van der Waals surface area contributed by atoms with Gasteiger partial charge in [-0.1, -0.05) is 24.8 Å². The van der Waals surface area contributed by atoms with Gasteiger partial charge in [0.25, 0.3) is 5.91 Å². The lowest BCUT2D eigenvalue weighted by Gasteiger charge is -2.15. The summed E-state index contributed by atoms with van der Waals surface area (Å²) >= 11 is 0. The number of aliphatic carboxylic acids is 1. The molecular weight excluding hydrogens is 262 g/mol. The smallest absolute Gasteiger partial charge is 0.326 e. The average Bonchev–Trinajstić information content (AvgIpc) is 2.44. The van der Waals surface area contributed by atoms with Gasteiger partial charge in [0.1, 0.15) is 18.4 Å². The number of carbonyl (C=O) groups excluding carboxylic acids is 1. The fraction of sp³-hybridized carbons (Fsp3) is 0.286. The van der Waals surface area contributed by atoms with E-state index < -0.39 is 17.9 Å². The Morgan fingerprint density at radius 3 is 2.70 bits per heavy atom. The number of aliphatic hydroxyl groups excluding tert-OH is 1. The number of amides is 1. The van der Waals surface area contributed by atoms with Crippen LogP contribution >= 0.6 is 0 Å². The van der Waals surface area contributed by atoms with Crippen LogP contribution in [-0.4, -0.2) is 41.3 Å². The van der Waals surface area contributed by atoms with Gasteiger partial charge in [-0.15, -0.1) is 0 Å². The normalized spacial score (nSPS) is 11.4. The molecule has 20 heavy (non-hydrogen) atoms. The average molecular weight is 279 g/mol. The van der Waals surface area contributed by atoms with E-state index >= 15 is 0 Å². The fourth-order valence-corrected chi connectivity index (χ4v) is 1.55. The van der Waals surface area contributed by atoms with Gasteiger partial charge < -0.3 is 20.3 Å². The van der Waals surface area contributed by atoms with Crippen molar-refractivity contribution in [2.45, 2.75) is 12.5 Å². The summed E-state index contributed by atoms with van der Waals surface area (Å²) in [5.41, 5.74) is 0.235. The van der Waals surface area contributed by atoms with Gasteiger partial charge in [-0.05, 0) is 12.1 Å². The summed E-state index contributed by atoms with van der Waals surface area (Å²) < 4.78 is 5.33. The molecule has 3 N–H and O–H groups in total. The summed E-state index contributed by atoms with van der Waals surface area (Å²) in [7, 11) is 0. The zero-order valence-corrected chi connectivity index (χ0v) is 10.9. The Bertz CT molecular complexity index is 486. The molecule has 1 rings (SSSR count). The minimum atomic E-state index is -1.20. The first-order valence-corrected chi connectivity index (χ1v) is 6.07. The molecule has 0 saturated heterocycles. The molecule has 1 amide bonds. The molecule has 0 heterocycles. The molecule has 0 unspecified atom stereocenters. The topological polar surface area (TPSA) is 95.9 Å². The maximum Gasteiger partial charge on any atom is 0.326 e. The molecule has 0 radical (unpaired) electrons. The number of carboxylic acid groups (broad SMARTS) is 1. The molecule has 6 heteroatoms. The summed E-state index contributed by atoms with van der Waals surface area (Å²) in [5.74, 6) is -1.42. The van der Waals surface area contributed by atoms with Crippen molar-refractivity contribution in [3.63, 3.8) is 0 Å². The number of ether oxygens (including phenoxy) is 1. The van der Waals surface area contributed by atoms with E-state index in [4.69, 9.17) is 14.9 Å². The van der Waals surface area contributed by atoms with Crippen molar-refractivity contribution in [3.05, 3.63) is 42.5 Å². The van der Waals surface area contributed by atoms with Crippen LogP contribution in [0.25, 0.3) is 0 Å². The van der Waals surface area contributed by atoms with Crippen molar-refractivity contribution in [1.82, 2.24) is 5.32 Å². The Morgan fingerprint density at radius 1 is 1.40 bits per heavy atom. The van der Waals surface area contributed by atoms with Crippen molar-refractivity contribution in [2.75, 3.05) is 13.2 Å². The van der Waals surface area contributed by atoms with Crippen LogP contribution in [0, 0.1) is 0 Å². The number of hydrogen-bond acceptors (Lipinski definition) is 4. The van der Waals surface area contributed by atoms with Gasteiger partial charge in [0, 0.05) is 13.0 Å². The van der Waals surface area contributed by atoms with Crippen LogP contribution < -0.4 is 10.1 Å². The Kier molecular flexibility index (Phi) is 6.25. The summed E-state index contributed by atoms with van der Waals surface area (Å²) in [6, 6.07) is 5.36. The van der Waals surface area contributed by atoms with Crippen molar-refractivity contribution in [1.29, 1.82) is 0 Å². The van der Waals surface area contributed by atoms with Gasteiger partial charge in [0.05, 0.1) is 5.56 Å². The molecule has 0 fully saturated rings. The standard InChI is InChI=1S/C14H17NO5/c1-2-9-20-12-6-4-3-5-10(12)13(17)15-11(7-8-16)14(18)19/h2-6,11,16H,1,7-9H2,(H,15,17)(H,18,19)/t11-/m0/s1. The van der Waals surface area contributed by atoms with Crippen LogP contribution in [-0.2, 0) is 4.79 Å². The number of aliphatic hydroxyl groups is 1. The Hall–Kier alpha value is -2.34. The molecule has 1 atom stereocenters. The highest BCUT2D eigenvalue weighted by Crippen LogP contribution is 2.18. The van der Waals surface area contributed by atoms with Crippen LogP contribution in [0.2, 0.25) is 0 Å². The van der Waals surface area contributed by atoms with E-state index in [-0.39, 0.29) is 25.2 Å². The van der Waals surface area contributed by atoms with Crippen LogP contribution in [0.15, 0.2) is 36.9 Å². The highest BCUT2D eigenvalue weighted by Gasteiger charge is 2.21. The van der Waals surface area contributed by atoms with Gasteiger partial charge >= 0.3 is 5.97 Å². The number of para-hydroxylation sites is 1. The van der Waals surface area contributed by atoms with E-state index in [0.29, 0.717) is 5.75 Å². The van der Waals surface area contributed by atoms with E-state index in [1.807, 2.05) is 0 Å². The molecule has 0 saturated carbocycles. The second-order valence-corrected chi connectivity index (χ2v) is 3.97. The second-order valence-electron chi connectivity index (χ2n) is 3.97. The number of rotatable bonds is 8. The Labute approximate surface area is 116 Å². The quantitative estimate of drug-likeness (QED) is 0.612. The molecule has 0 aliphatic carbocycles. The first kappa shape index (κ1) is 15.7. The first-order chi connectivity index (χ1) is 9.60. The van der Waals surface area contributed by atoms with Crippen LogP contribution in [0.1, 0.15) is 16.8 Å². The first-order valence-electron chi connectivity index (χ1n) is 6.07. The largest absolute Gasteiger partial charge is 0.489 e. The summed E-state index contributed by atoms with van der Waals surface area (Å²) in [5, 5.41) is 20.1. The molecule has 108 valence electrons. The number of benzene rings is 1. The Balaban J connectivity index is 2.85. The minimum absolute atomic E-state index is 0.0588. The highest BCUT2D eigenvalue weighted by molar-refractivity contribution is 5.98. The minimum Gasteiger partial charge on any atom is -0.489 e. The van der Waals surface area contributed by atoms with Crippen molar-refractivity contribution in [2.24, 2.45) is 0 Å². The third kappa shape index (κ3) is 4.40. The van der Waals surface area contributed by atoms with E-state index in [0.717, 1.165) is 0 Å². The maximum absolute atomic E-state index is 12.1. The predicted octanol–water partition coefficient (Wildman–Crippen LogP) is 0.817. The molecule has 6 nitrogen and oxygen atoms in total. The fourth-order valence-electron chi connectivity index (χ4n) is 1.55. The highest BCUT2D eigenvalue weighted by atomic mass is 16.5. The molecule has 0 bridgehead atoms. The lowest BCUT2D eigenvalue weighted by Crippen LogP contribution is -2.41. The number of carboxylic acids is 1. The van der Waals surface area contributed by atoms with E-state index in [1.54, 1.807) is 24.3 Å². The zero-order valence-electron chi connectivity index (χ0n) is 10.9. The molecule has 0 spiro atoms. The van der Waals surface area contributed by atoms with Crippen LogP contribution in [0.5, 0.6) is 5.75 Å². The van der Waals surface area contributed by atoms with Crippen molar-refractivity contribution in [3.8, 4) is 5.75 Å². The molecule has 0 aromatic heterocycles. The third-order valence-electron chi connectivity index (χ3n) is 2.51. The monoisotopic (exact) mass is 279 g/mol. The SMILES string of the molecule is C=CCOc1ccccc1C(=O)N[C@@H](CCO)C(=O)O. The summed E-state index contributed by atoms with van der Waals surface area (Å²) in [6.45, 7) is 3.43. The van der Waals surface area contributed by atoms with Gasteiger partial charge in [0.15, 0.2) is 0 Å². The maximum atomic E-state index is 12.1. The van der Waals surface area contributed by atoms with Crippen LogP contribution in [0.3, 0.4) is 0 Å². The third-order valence-corrected chi connectivity index (χ3v) is 2.51. The lowest BCUT2D eigenvalue weighted by atomic mass is 10.1. The molecular formula is C14H17NO5. The van der Waals surface area contributed by atoms with Gasteiger partial charge in [-0.25, -0.2) is 4.79 Å². The van der Waals surface area contributed by atoms with Gasteiger partial charge in [-0.2, -0.15) is 0 Å². The number of carbonyl (C=O) groups is 2. The van der Waals surface area contributed by atoms with E-state index in [9.17, 15) is 9.59 Å². The lowest BCUT2D eigenvalue weighted by molar-refractivity contribution is -0.139. The molecule has 1 aromatic carbocycles. The number of nitrogens with one attached hydrogen (secondary N) is 1. The molecule has 0 aliphatic heterocycles. The summed E-state index contributed by atoms with van der Waals surface area (Å²) in [6.07, 6.45) is 1.48. The second kappa shape index (κ2) is 7.96. The van der Waals surface area contributed by atoms with Gasteiger partial charge in [-0.3, -0.25) is 4.79 Å². The molecule has 1 aromatic rings. The number of hydrogen-bond donors (Lipinski definition) is 3. The summed E-state index contributed by atoms with van der Waals surface area (Å²) in [4.78, 5) is 23.0. The predicted molar refractivity (Wildman–Crippen MR) is 72.7 cm³/mol. The van der Waals surface area contributed by atoms with Gasteiger partial charge in [0.2, 0.25) is 0 Å². The van der Waals surface area contributed by atoms with E-state index in [1.165, 1.54) is 6.07 Å². The van der Waals surface area contributed by atoms with Crippen molar-refractivity contribution < 1.29 is 24.5 Å². The molecule has 0 aliphatic rings.